The topological polar surface area (TPSA) is 88.8 Å². The summed E-state index contributed by atoms with van der Waals surface area (Å²) in [4.78, 5) is 23.6. The Hall–Kier alpha value is -2.76. The lowest BCUT2D eigenvalue weighted by molar-refractivity contribution is -0.125. The second-order valence-electron chi connectivity index (χ2n) is 4.85. The number of amides is 1. The summed E-state index contributed by atoms with van der Waals surface area (Å²) in [5.41, 5.74) is 0.595. The van der Waals surface area contributed by atoms with Crippen molar-refractivity contribution in [1.29, 1.82) is 0 Å². The van der Waals surface area contributed by atoms with E-state index in [1.165, 1.54) is 12.3 Å². The van der Waals surface area contributed by atoms with Gasteiger partial charge in [0.2, 0.25) is 0 Å². The molecule has 2 rings (SSSR count). The molecule has 0 aliphatic heterocycles. The molecule has 0 aliphatic carbocycles. The number of furan rings is 1. The molecule has 0 saturated carbocycles. The van der Waals surface area contributed by atoms with E-state index in [0.717, 1.165) is 0 Å². The van der Waals surface area contributed by atoms with Crippen LogP contribution in [0, 0.1) is 6.92 Å². The molecule has 0 bridgehead atoms. The normalized spacial score (nSPS) is 11.7. The first-order valence-electron chi connectivity index (χ1n) is 6.77. The van der Waals surface area contributed by atoms with Crippen LogP contribution in [0.4, 0.5) is 0 Å². The molecular formula is C16H17NO5. The van der Waals surface area contributed by atoms with Gasteiger partial charge in [-0.1, -0.05) is 12.1 Å². The Morgan fingerprint density at radius 2 is 2.09 bits per heavy atom. The lowest BCUT2D eigenvalue weighted by atomic mass is 10.1. The number of rotatable bonds is 5. The number of hydrogen-bond donors (Lipinski definition) is 2. The molecule has 0 unspecified atom stereocenters. The van der Waals surface area contributed by atoms with Crippen molar-refractivity contribution in [3.63, 3.8) is 0 Å². The molecule has 0 spiro atoms. The molecule has 6 heteroatoms. The van der Waals surface area contributed by atoms with Crippen molar-refractivity contribution in [2.45, 2.75) is 19.9 Å². The van der Waals surface area contributed by atoms with Gasteiger partial charge in [0.15, 0.2) is 6.61 Å². The zero-order chi connectivity index (χ0) is 16.1. The molecule has 0 radical (unpaired) electrons. The van der Waals surface area contributed by atoms with Gasteiger partial charge < -0.3 is 19.6 Å². The van der Waals surface area contributed by atoms with E-state index in [0.29, 0.717) is 11.3 Å². The maximum Gasteiger partial charge on any atom is 0.342 e. The molecule has 0 fully saturated rings. The highest BCUT2D eigenvalue weighted by Gasteiger charge is 2.17. The lowest BCUT2D eigenvalue weighted by Gasteiger charge is -2.12. The predicted molar refractivity (Wildman–Crippen MR) is 78.4 cm³/mol. The van der Waals surface area contributed by atoms with Crippen LogP contribution >= 0.6 is 0 Å². The Bertz CT molecular complexity index is 663. The first-order chi connectivity index (χ1) is 10.5. The molecular weight excluding hydrogens is 286 g/mol. The first kappa shape index (κ1) is 15.6. The molecule has 116 valence electrons. The molecule has 6 nitrogen and oxygen atoms in total. The molecule has 1 heterocycles. The number of nitrogens with one attached hydrogen (secondary N) is 1. The third-order valence-electron chi connectivity index (χ3n) is 3.14. The molecule has 1 atom stereocenters. The van der Waals surface area contributed by atoms with E-state index < -0.39 is 18.5 Å². The number of aryl methyl sites for hydroxylation is 1. The quantitative estimate of drug-likeness (QED) is 0.828. The van der Waals surface area contributed by atoms with E-state index in [1.807, 2.05) is 0 Å². The highest BCUT2D eigenvalue weighted by atomic mass is 16.5. The van der Waals surface area contributed by atoms with Gasteiger partial charge in [0.05, 0.1) is 12.3 Å². The summed E-state index contributed by atoms with van der Waals surface area (Å²) < 4.78 is 10.1. The first-order valence-corrected chi connectivity index (χ1v) is 6.77. The van der Waals surface area contributed by atoms with Gasteiger partial charge in [-0.25, -0.2) is 4.79 Å². The van der Waals surface area contributed by atoms with Crippen LogP contribution in [-0.4, -0.2) is 23.6 Å². The van der Waals surface area contributed by atoms with Crippen molar-refractivity contribution in [2.75, 3.05) is 6.61 Å². The number of hydrogen-bond acceptors (Lipinski definition) is 5. The lowest BCUT2D eigenvalue weighted by Crippen LogP contribution is -2.31. The monoisotopic (exact) mass is 303 g/mol. The Morgan fingerprint density at radius 3 is 2.77 bits per heavy atom. The average molecular weight is 303 g/mol. The van der Waals surface area contributed by atoms with Crippen LogP contribution in [0.2, 0.25) is 0 Å². The summed E-state index contributed by atoms with van der Waals surface area (Å²) in [5.74, 6) is -0.737. The summed E-state index contributed by atoms with van der Waals surface area (Å²) in [6, 6.07) is 7.87. The zero-order valence-corrected chi connectivity index (χ0v) is 12.3. The number of esters is 1. The Balaban J connectivity index is 1.88. The van der Waals surface area contributed by atoms with E-state index in [2.05, 4.69) is 5.32 Å². The van der Waals surface area contributed by atoms with E-state index >= 15 is 0 Å². The Morgan fingerprint density at radius 1 is 1.32 bits per heavy atom. The van der Waals surface area contributed by atoms with Crippen molar-refractivity contribution in [3.8, 4) is 5.75 Å². The van der Waals surface area contributed by atoms with Crippen molar-refractivity contribution >= 4 is 11.9 Å². The predicted octanol–water partition coefficient (Wildman–Crippen LogP) is 2.33. The van der Waals surface area contributed by atoms with Crippen LogP contribution in [-0.2, 0) is 9.53 Å². The number of para-hydroxylation sites is 1. The van der Waals surface area contributed by atoms with Crippen molar-refractivity contribution in [1.82, 2.24) is 5.32 Å². The van der Waals surface area contributed by atoms with E-state index in [9.17, 15) is 14.7 Å². The summed E-state index contributed by atoms with van der Waals surface area (Å²) in [6.07, 6.45) is 1.51. The minimum absolute atomic E-state index is 0.0342. The summed E-state index contributed by atoms with van der Waals surface area (Å²) in [6.45, 7) is 2.99. The van der Waals surface area contributed by atoms with E-state index in [1.54, 1.807) is 38.1 Å². The fraction of sp³-hybridized carbons (Fsp3) is 0.250. The zero-order valence-electron chi connectivity index (χ0n) is 12.3. The molecule has 1 aromatic carbocycles. The van der Waals surface area contributed by atoms with Crippen LogP contribution in [0.3, 0.4) is 0 Å². The largest absolute Gasteiger partial charge is 0.507 e. The molecule has 1 aromatic heterocycles. The fourth-order valence-electron chi connectivity index (χ4n) is 1.92. The van der Waals surface area contributed by atoms with Crippen LogP contribution in [0.15, 0.2) is 41.0 Å². The minimum atomic E-state index is -0.748. The van der Waals surface area contributed by atoms with Gasteiger partial charge in [0, 0.05) is 0 Å². The van der Waals surface area contributed by atoms with Crippen LogP contribution < -0.4 is 5.32 Å². The second-order valence-corrected chi connectivity index (χ2v) is 4.85. The van der Waals surface area contributed by atoms with Gasteiger partial charge >= 0.3 is 5.97 Å². The number of phenols is 1. The molecule has 2 N–H and O–H groups in total. The third-order valence-corrected chi connectivity index (χ3v) is 3.14. The molecule has 2 aromatic rings. The van der Waals surface area contributed by atoms with Crippen molar-refractivity contribution in [3.05, 3.63) is 53.5 Å². The van der Waals surface area contributed by atoms with Crippen LogP contribution in [0.5, 0.6) is 5.75 Å². The highest BCUT2D eigenvalue weighted by molar-refractivity contribution is 5.94. The molecule has 0 saturated heterocycles. The van der Waals surface area contributed by atoms with Gasteiger partial charge in [-0.05, 0) is 37.6 Å². The number of benzene rings is 1. The number of aromatic hydroxyl groups is 1. The van der Waals surface area contributed by atoms with Gasteiger partial charge in [-0.2, -0.15) is 0 Å². The third kappa shape index (κ3) is 3.66. The molecule has 1 amide bonds. The summed E-state index contributed by atoms with van der Waals surface area (Å²) >= 11 is 0. The number of carbonyl (C=O) groups is 2. The average Bonchev–Trinajstić information content (AvgIpc) is 3.02. The smallest absolute Gasteiger partial charge is 0.342 e. The Kier molecular flexibility index (Phi) is 4.83. The number of phenolic OH excluding ortho intramolecular Hbond substituents is 1. The van der Waals surface area contributed by atoms with Crippen molar-refractivity contribution in [2.24, 2.45) is 0 Å². The number of ether oxygens (including phenoxy) is 1. The van der Waals surface area contributed by atoms with Gasteiger partial charge in [0.25, 0.3) is 5.91 Å². The van der Waals surface area contributed by atoms with Gasteiger partial charge in [-0.15, -0.1) is 0 Å². The fourth-order valence-corrected chi connectivity index (χ4v) is 1.92. The summed E-state index contributed by atoms with van der Waals surface area (Å²) in [5, 5.41) is 12.4. The van der Waals surface area contributed by atoms with Crippen LogP contribution in [0.1, 0.15) is 34.6 Å². The van der Waals surface area contributed by atoms with Gasteiger partial charge in [0.1, 0.15) is 17.1 Å². The molecule has 22 heavy (non-hydrogen) atoms. The van der Waals surface area contributed by atoms with E-state index in [4.69, 9.17) is 9.15 Å². The molecule has 0 aliphatic rings. The van der Waals surface area contributed by atoms with Crippen molar-refractivity contribution < 1.29 is 23.8 Å². The SMILES string of the molecule is Cc1cccc(C(=O)OCC(=O)N[C@H](C)c2ccco2)c1O. The number of carbonyl (C=O) groups excluding carboxylic acids is 2. The second kappa shape index (κ2) is 6.80. The minimum Gasteiger partial charge on any atom is -0.507 e. The Labute approximate surface area is 127 Å². The maximum absolute atomic E-state index is 11.9. The summed E-state index contributed by atoms with van der Waals surface area (Å²) in [7, 11) is 0. The van der Waals surface area contributed by atoms with Gasteiger partial charge in [-0.3, -0.25) is 4.79 Å². The van der Waals surface area contributed by atoms with Crippen LogP contribution in [0.25, 0.3) is 0 Å². The maximum atomic E-state index is 11.9. The standard InChI is InChI=1S/C16H17NO5/c1-10-5-3-6-12(15(10)19)16(20)22-9-14(18)17-11(2)13-7-4-8-21-13/h3-8,11,19H,9H2,1-2H3,(H,17,18)/t11-/m1/s1. The van der Waals surface area contributed by atoms with E-state index in [-0.39, 0.29) is 17.4 Å². The highest BCUT2D eigenvalue weighted by Crippen LogP contribution is 2.22.